The second kappa shape index (κ2) is 6.34. The van der Waals surface area contributed by atoms with Gasteiger partial charge in [0.05, 0.1) is 6.61 Å². The van der Waals surface area contributed by atoms with Crippen LogP contribution >= 0.6 is 12.2 Å². The molecule has 0 aliphatic rings. The summed E-state index contributed by atoms with van der Waals surface area (Å²) in [5, 5.41) is 0. The molecule has 88 valence electrons. The standard InChI is InChI=1S/C10H16N4OS/c1-3-14(6-7-15-2)10-8(9(11)16)12-4-5-13-10/h4-5H,3,6-7H2,1-2H3,(H2,11,16). The summed E-state index contributed by atoms with van der Waals surface area (Å²) in [5.74, 6) is 0.717. The van der Waals surface area contributed by atoms with E-state index < -0.39 is 0 Å². The molecular formula is C10H16N4OS. The normalized spacial score (nSPS) is 10.1. The van der Waals surface area contributed by atoms with Crippen molar-refractivity contribution in [1.82, 2.24) is 9.97 Å². The lowest BCUT2D eigenvalue weighted by Crippen LogP contribution is -2.30. The van der Waals surface area contributed by atoms with Crippen LogP contribution in [-0.4, -0.2) is 41.8 Å². The Bertz CT molecular complexity index is 358. The molecule has 1 heterocycles. The van der Waals surface area contributed by atoms with E-state index in [1.165, 1.54) is 0 Å². The van der Waals surface area contributed by atoms with Crippen LogP contribution in [0, 0.1) is 0 Å². The fourth-order valence-corrected chi connectivity index (χ4v) is 1.50. The average Bonchev–Trinajstić information content (AvgIpc) is 2.30. The summed E-state index contributed by atoms with van der Waals surface area (Å²) in [6.07, 6.45) is 3.22. The summed E-state index contributed by atoms with van der Waals surface area (Å²) in [6.45, 7) is 4.20. The van der Waals surface area contributed by atoms with Crippen LogP contribution in [0.25, 0.3) is 0 Å². The van der Waals surface area contributed by atoms with E-state index in [0.717, 1.165) is 18.9 Å². The Kier molecular flexibility index (Phi) is 5.07. The van der Waals surface area contributed by atoms with Crippen molar-refractivity contribution in [2.45, 2.75) is 6.92 Å². The van der Waals surface area contributed by atoms with Crippen molar-refractivity contribution in [2.24, 2.45) is 5.73 Å². The van der Waals surface area contributed by atoms with Gasteiger partial charge in [0.15, 0.2) is 5.82 Å². The van der Waals surface area contributed by atoms with Gasteiger partial charge >= 0.3 is 0 Å². The highest BCUT2D eigenvalue weighted by molar-refractivity contribution is 7.80. The van der Waals surface area contributed by atoms with Gasteiger partial charge in [-0.1, -0.05) is 12.2 Å². The first kappa shape index (κ1) is 12.8. The number of ether oxygens (including phenoxy) is 1. The molecule has 0 aliphatic heterocycles. The van der Waals surface area contributed by atoms with E-state index in [1.54, 1.807) is 19.5 Å². The van der Waals surface area contributed by atoms with Crippen molar-refractivity contribution in [3.8, 4) is 0 Å². The smallest absolute Gasteiger partial charge is 0.157 e. The zero-order valence-corrected chi connectivity index (χ0v) is 10.3. The summed E-state index contributed by atoms with van der Waals surface area (Å²) in [4.78, 5) is 10.7. The fraction of sp³-hybridized carbons (Fsp3) is 0.500. The Morgan fingerprint density at radius 3 is 2.75 bits per heavy atom. The summed E-state index contributed by atoms with van der Waals surface area (Å²) in [6, 6.07) is 0. The van der Waals surface area contributed by atoms with Crippen LogP contribution in [-0.2, 0) is 4.74 Å². The van der Waals surface area contributed by atoms with Crippen LogP contribution in [0.1, 0.15) is 12.6 Å². The summed E-state index contributed by atoms with van der Waals surface area (Å²) in [7, 11) is 1.67. The molecule has 0 spiro atoms. The van der Waals surface area contributed by atoms with Gasteiger partial charge < -0.3 is 15.4 Å². The highest BCUT2D eigenvalue weighted by Gasteiger charge is 2.13. The molecule has 0 aromatic carbocycles. The number of thiocarbonyl (C=S) groups is 1. The lowest BCUT2D eigenvalue weighted by molar-refractivity contribution is 0.205. The highest BCUT2D eigenvalue weighted by Crippen LogP contribution is 2.14. The molecule has 1 aromatic rings. The predicted molar refractivity (Wildman–Crippen MR) is 67.7 cm³/mol. The van der Waals surface area contributed by atoms with Gasteiger partial charge in [0.1, 0.15) is 10.7 Å². The minimum absolute atomic E-state index is 0.263. The molecule has 0 bridgehead atoms. The highest BCUT2D eigenvalue weighted by atomic mass is 32.1. The lowest BCUT2D eigenvalue weighted by atomic mass is 10.3. The number of methoxy groups -OCH3 is 1. The fourth-order valence-electron chi connectivity index (χ4n) is 1.35. The molecule has 6 heteroatoms. The number of nitrogens with zero attached hydrogens (tertiary/aromatic N) is 3. The minimum atomic E-state index is 0.263. The first-order valence-electron chi connectivity index (χ1n) is 5.05. The van der Waals surface area contributed by atoms with Crippen molar-refractivity contribution in [3.63, 3.8) is 0 Å². The van der Waals surface area contributed by atoms with E-state index in [-0.39, 0.29) is 4.99 Å². The third kappa shape index (κ3) is 3.11. The Labute approximate surface area is 101 Å². The topological polar surface area (TPSA) is 64.3 Å². The average molecular weight is 240 g/mol. The Morgan fingerprint density at radius 2 is 2.19 bits per heavy atom. The number of hydrogen-bond donors (Lipinski definition) is 1. The van der Waals surface area contributed by atoms with E-state index in [0.29, 0.717) is 12.3 Å². The zero-order chi connectivity index (χ0) is 12.0. The summed E-state index contributed by atoms with van der Waals surface area (Å²) in [5.41, 5.74) is 6.17. The van der Waals surface area contributed by atoms with Crippen molar-refractivity contribution in [1.29, 1.82) is 0 Å². The zero-order valence-electron chi connectivity index (χ0n) is 9.51. The van der Waals surface area contributed by atoms with Crippen LogP contribution in [0.4, 0.5) is 5.82 Å². The van der Waals surface area contributed by atoms with E-state index in [4.69, 9.17) is 22.7 Å². The molecule has 0 aliphatic carbocycles. The van der Waals surface area contributed by atoms with Crippen LogP contribution in [0.2, 0.25) is 0 Å². The quantitative estimate of drug-likeness (QED) is 0.734. The van der Waals surface area contributed by atoms with Crippen LogP contribution < -0.4 is 10.6 Å². The lowest BCUT2D eigenvalue weighted by Gasteiger charge is -2.22. The second-order valence-electron chi connectivity index (χ2n) is 3.17. The van der Waals surface area contributed by atoms with Gasteiger partial charge in [-0.05, 0) is 6.92 Å². The Balaban J connectivity index is 2.94. The molecule has 1 rings (SSSR count). The van der Waals surface area contributed by atoms with Gasteiger partial charge in [-0.2, -0.15) is 0 Å². The van der Waals surface area contributed by atoms with Gasteiger partial charge in [0.25, 0.3) is 0 Å². The van der Waals surface area contributed by atoms with Gasteiger partial charge in [-0.15, -0.1) is 0 Å². The van der Waals surface area contributed by atoms with Gasteiger partial charge in [-0.3, -0.25) is 0 Å². The maximum absolute atomic E-state index is 5.61. The number of hydrogen-bond acceptors (Lipinski definition) is 5. The molecule has 0 atom stereocenters. The third-order valence-corrected chi connectivity index (χ3v) is 2.35. The summed E-state index contributed by atoms with van der Waals surface area (Å²) >= 11 is 4.95. The van der Waals surface area contributed by atoms with E-state index in [1.807, 2.05) is 11.8 Å². The number of likely N-dealkylation sites (N-methyl/N-ethyl adjacent to an activating group) is 1. The second-order valence-corrected chi connectivity index (χ2v) is 3.61. The molecule has 1 aromatic heterocycles. The van der Waals surface area contributed by atoms with Gasteiger partial charge in [0.2, 0.25) is 0 Å². The van der Waals surface area contributed by atoms with E-state index >= 15 is 0 Å². The van der Waals surface area contributed by atoms with Crippen molar-refractivity contribution in [3.05, 3.63) is 18.1 Å². The SMILES string of the molecule is CCN(CCOC)c1nccnc1C(N)=S. The molecule has 0 amide bonds. The molecule has 0 fully saturated rings. The molecule has 0 radical (unpaired) electrons. The Morgan fingerprint density at radius 1 is 1.50 bits per heavy atom. The number of aromatic nitrogens is 2. The van der Waals surface area contributed by atoms with Crippen molar-refractivity contribution in [2.75, 3.05) is 31.7 Å². The van der Waals surface area contributed by atoms with E-state index in [9.17, 15) is 0 Å². The van der Waals surface area contributed by atoms with Crippen LogP contribution in [0.5, 0.6) is 0 Å². The molecule has 2 N–H and O–H groups in total. The Hall–Kier alpha value is -1.27. The molecule has 0 unspecified atom stereocenters. The third-order valence-electron chi connectivity index (χ3n) is 2.16. The van der Waals surface area contributed by atoms with Crippen molar-refractivity contribution < 1.29 is 4.74 Å². The van der Waals surface area contributed by atoms with Gasteiger partial charge in [-0.25, -0.2) is 9.97 Å². The van der Waals surface area contributed by atoms with Gasteiger partial charge in [0, 0.05) is 32.6 Å². The molecule has 5 nitrogen and oxygen atoms in total. The van der Waals surface area contributed by atoms with Crippen LogP contribution in [0.15, 0.2) is 12.4 Å². The van der Waals surface area contributed by atoms with Crippen molar-refractivity contribution >= 4 is 23.0 Å². The maximum Gasteiger partial charge on any atom is 0.157 e. The molecule has 0 saturated heterocycles. The number of nitrogens with two attached hydrogens (primary N) is 1. The van der Waals surface area contributed by atoms with Crippen LogP contribution in [0.3, 0.4) is 0 Å². The predicted octanol–water partition coefficient (Wildman–Crippen LogP) is 0.584. The molecule has 0 saturated carbocycles. The minimum Gasteiger partial charge on any atom is -0.388 e. The molecule has 16 heavy (non-hydrogen) atoms. The van der Waals surface area contributed by atoms with E-state index in [2.05, 4.69) is 9.97 Å². The maximum atomic E-state index is 5.61. The first-order chi connectivity index (χ1) is 7.70. The first-order valence-corrected chi connectivity index (χ1v) is 5.46. The monoisotopic (exact) mass is 240 g/mol. The number of anilines is 1. The molecular weight excluding hydrogens is 224 g/mol. The summed E-state index contributed by atoms with van der Waals surface area (Å²) < 4.78 is 5.04. The largest absolute Gasteiger partial charge is 0.388 e. The number of rotatable bonds is 6.